The molecule has 22 heteroatoms. The van der Waals surface area contributed by atoms with E-state index >= 15 is 13.2 Å². The molecule has 6 N–H and O–H groups in total. The summed E-state index contributed by atoms with van der Waals surface area (Å²) in [5.41, 5.74) is 26.2. The van der Waals surface area contributed by atoms with Gasteiger partial charge in [-0.2, -0.15) is 0 Å². The SMILES string of the molecule is CC(C)(C)OC(=O)Cc1nc2c(-c3cccc(Cl)c3)c(F)c(Cc3ccc(N)cc3)cc2s1.CC(C)(C)OC(=O)Cc1nc2c(-c3cccc(Cl)c3)c(F)c(Cc3ccc([N+](=O)[O-])cc3)cc2s1.Nc1ccc(Cc2cc3sc(N)nc3c(-c3cccc(Cl)c3)c2F)cc1. The molecule has 13 nitrogen and oxygen atoms in total. The topological polar surface area (TPSA) is 212 Å². The van der Waals surface area contributed by atoms with E-state index < -0.39 is 27.9 Å². The Hall–Kier alpha value is -8.95. The van der Waals surface area contributed by atoms with E-state index in [-0.39, 0.29) is 42.6 Å². The molecule has 0 spiro atoms. The number of nitro groups is 1. The van der Waals surface area contributed by atoms with E-state index in [1.165, 1.54) is 46.1 Å². The van der Waals surface area contributed by atoms with Crippen molar-refractivity contribution in [3.63, 3.8) is 0 Å². The van der Waals surface area contributed by atoms with Crippen LogP contribution in [0, 0.1) is 27.6 Å². The van der Waals surface area contributed by atoms with Crippen LogP contribution in [0.15, 0.2) is 164 Å². The van der Waals surface area contributed by atoms with Gasteiger partial charge in [0.05, 0.1) is 48.4 Å². The van der Waals surface area contributed by atoms with Gasteiger partial charge in [-0.05, 0) is 170 Å². The van der Waals surface area contributed by atoms with Gasteiger partial charge in [-0.3, -0.25) is 19.7 Å². The first kappa shape index (κ1) is 67.9. The third kappa shape index (κ3) is 17.1. The highest BCUT2D eigenvalue weighted by Gasteiger charge is 2.26. The Morgan fingerprint density at radius 2 is 0.798 bits per heavy atom. The lowest BCUT2D eigenvalue weighted by molar-refractivity contribution is -0.384. The van der Waals surface area contributed by atoms with E-state index in [9.17, 15) is 19.7 Å². The Labute approximate surface area is 567 Å². The normalized spacial score (nSPS) is 11.5. The van der Waals surface area contributed by atoms with Gasteiger partial charge in [0, 0.05) is 74.5 Å². The minimum atomic E-state index is -0.621. The number of halogens is 6. The van der Waals surface area contributed by atoms with Crippen molar-refractivity contribution in [2.75, 3.05) is 17.2 Å². The smallest absolute Gasteiger partial charge is 0.313 e. The van der Waals surface area contributed by atoms with Crippen LogP contribution in [0.1, 0.15) is 84.9 Å². The van der Waals surface area contributed by atoms with Crippen molar-refractivity contribution >= 4 is 134 Å². The van der Waals surface area contributed by atoms with Gasteiger partial charge in [0.1, 0.15) is 38.7 Å². The number of thiazole rings is 3. The Bertz CT molecular complexity index is 4820. The molecule has 480 valence electrons. The van der Waals surface area contributed by atoms with Crippen LogP contribution in [-0.4, -0.2) is 43.0 Å². The third-order valence-electron chi connectivity index (χ3n) is 14.3. The number of hydrogen-bond acceptors (Lipinski definition) is 15. The lowest BCUT2D eigenvalue weighted by Gasteiger charge is -2.18. The molecule has 0 atom stereocenters. The molecule has 0 saturated carbocycles. The molecule has 0 radical (unpaired) electrons. The van der Waals surface area contributed by atoms with Crippen LogP contribution in [0.2, 0.25) is 15.1 Å². The number of carbonyl (C=O) groups is 2. The molecule has 0 fully saturated rings. The van der Waals surface area contributed by atoms with Crippen molar-refractivity contribution < 1.29 is 37.2 Å². The number of carbonyl (C=O) groups excluding carboxylic acids is 2. The van der Waals surface area contributed by atoms with Crippen LogP contribution in [-0.2, 0) is 51.2 Å². The van der Waals surface area contributed by atoms with Gasteiger partial charge in [-0.15, -0.1) is 22.7 Å². The summed E-state index contributed by atoms with van der Waals surface area (Å²) in [6.45, 7) is 10.8. The Kier molecular flexibility index (Phi) is 20.8. The van der Waals surface area contributed by atoms with E-state index in [2.05, 4.69) is 15.0 Å². The highest BCUT2D eigenvalue weighted by Crippen LogP contribution is 2.42. The zero-order chi connectivity index (χ0) is 67.3. The molecular weight excluding hydrogens is 1320 g/mol. The number of ether oxygens (including phenoxy) is 2. The number of nitrogens with two attached hydrogens (primary N) is 3. The van der Waals surface area contributed by atoms with Crippen molar-refractivity contribution in [3.05, 3.63) is 250 Å². The van der Waals surface area contributed by atoms with E-state index in [1.54, 1.807) is 112 Å². The number of non-ortho nitro benzene ring substituents is 1. The Balaban J connectivity index is 0.000000156. The van der Waals surface area contributed by atoms with Gasteiger partial charge >= 0.3 is 11.9 Å². The average molecular weight is 1380 g/mol. The van der Waals surface area contributed by atoms with Crippen LogP contribution >= 0.6 is 68.8 Å². The number of benzene rings is 9. The molecule has 0 saturated heterocycles. The number of nitro benzene ring substituents is 1. The highest BCUT2D eigenvalue weighted by molar-refractivity contribution is 7.22. The maximum absolute atomic E-state index is 15.9. The third-order valence-corrected chi connectivity index (χ3v) is 17.8. The van der Waals surface area contributed by atoms with Crippen LogP contribution in [0.25, 0.3) is 64.0 Å². The second-order valence-corrected chi connectivity index (χ2v) is 28.6. The Morgan fingerprint density at radius 3 is 1.12 bits per heavy atom. The predicted molar refractivity (Wildman–Crippen MR) is 377 cm³/mol. The summed E-state index contributed by atoms with van der Waals surface area (Å²) in [5, 5.41) is 14.0. The zero-order valence-electron chi connectivity index (χ0n) is 51.6. The summed E-state index contributed by atoms with van der Waals surface area (Å²) in [5.74, 6) is -1.88. The number of aromatic nitrogens is 3. The first-order valence-electron chi connectivity index (χ1n) is 29.3. The van der Waals surface area contributed by atoms with Gasteiger partial charge in [0.2, 0.25) is 0 Å². The van der Waals surface area contributed by atoms with Crippen molar-refractivity contribution in [2.45, 2.75) is 84.8 Å². The number of esters is 2. The standard InChI is InChI=1S/C26H22ClFN2O4S.C26H24ClFN2O2S.C20H15ClFN3S/c1-26(2,3)34-22(31)14-21-29-25-20(35-21)13-17(11-15-7-9-19(10-8-15)30(32)33)24(28)23(25)16-5-4-6-18(27)12-16;1-26(2,3)32-22(31)14-21-30-25-20(33-21)13-17(11-15-7-9-19(29)10-8-15)24(28)23(25)16-5-4-6-18(27)12-16;21-14-3-1-2-12(9-14)17-18(22)13(8-11-4-6-15(23)7-5-11)10-16-19(17)25-20(24)26-16/h4-10,12-13H,11,14H2,1-3H3;4-10,12-13H,11,14,29H2,1-3H3;1-7,9-10H,8,23H2,(H2,24,25). The molecule has 0 aliphatic carbocycles. The number of nitrogens with zero attached hydrogens (tertiary/aromatic N) is 4. The maximum Gasteiger partial charge on any atom is 0.313 e. The largest absolute Gasteiger partial charge is 0.460 e. The predicted octanol–water partition coefficient (Wildman–Crippen LogP) is 19.5. The van der Waals surface area contributed by atoms with Gasteiger partial charge in [0.25, 0.3) is 5.69 Å². The molecule has 0 aliphatic rings. The molecule has 0 amide bonds. The first-order chi connectivity index (χ1) is 44.6. The summed E-state index contributed by atoms with van der Waals surface area (Å²) in [6, 6.07) is 47.2. The van der Waals surface area contributed by atoms with Gasteiger partial charge in [0.15, 0.2) is 5.13 Å². The van der Waals surface area contributed by atoms with Crippen LogP contribution in [0.5, 0.6) is 0 Å². The summed E-state index contributed by atoms with van der Waals surface area (Å²) in [4.78, 5) is 48.7. The number of rotatable bonds is 14. The van der Waals surface area contributed by atoms with E-state index in [0.717, 1.165) is 30.8 Å². The molecule has 12 rings (SSSR count). The Morgan fingerprint density at radius 1 is 0.479 bits per heavy atom. The van der Waals surface area contributed by atoms with Gasteiger partial charge < -0.3 is 26.7 Å². The van der Waals surface area contributed by atoms with Crippen molar-refractivity contribution in [3.8, 4) is 33.4 Å². The molecule has 12 aromatic rings. The minimum absolute atomic E-state index is 0.0229. The molecule has 3 heterocycles. The summed E-state index contributed by atoms with van der Waals surface area (Å²) < 4.78 is 60.5. The number of hydrogen-bond donors (Lipinski definition) is 3. The van der Waals surface area contributed by atoms with E-state index in [1.807, 2.05) is 81.4 Å². The first-order valence-corrected chi connectivity index (χ1v) is 32.9. The fourth-order valence-corrected chi connectivity index (χ4v) is 13.8. The fraction of sp³-hybridized carbons (Fsp3) is 0.181. The fourth-order valence-electron chi connectivity index (χ4n) is 10.3. The molecule has 9 aromatic carbocycles. The lowest BCUT2D eigenvalue weighted by Crippen LogP contribution is -2.24. The molecule has 3 aromatic heterocycles. The van der Waals surface area contributed by atoms with Crippen LogP contribution in [0.3, 0.4) is 0 Å². The molecular formula is C72H61Cl3F3N7O6S3. The highest BCUT2D eigenvalue weighted by atomic mass is 35.5. The van der Waals surface area contributed by atoms with Crippen LogP contribution < -0.4 is 17.2 Å². The summed E-state index contributed by atoms with van der Waals surface area (Å²) in [7, 11) is 0. The number of anilines is 3. The molecule has 0 unspecified atom stereocenters. The number of nitrogen functional groups attached to an aromatic ring is 3. The minimum Gasteiger partial charge on any atom is -0.460 e. The second-order valence-electron chi connectivity index (χ2n) is 24.0. The monoisotopic (exact) mass is 1380 g/mol. The van der Waals surface area contributed by atoms with Crippen molar-refractivity contribution in [2.24, 2.45) is 0 Å². The second kappa shape index (κ2) is 28.7. The summed E-state index contributed by atoms with van der Waals surface area (Å²) >= 11 is 22.5. The van der Waals surface area contributed by atoms with Crippen LogP contribution in [0.4, 0.5) is 35.4 Å². The van der Waals surface area contributed by atoms with E-state index in [4.69, 9.17) is 61.5 Å². The molecule has 0 aliphatic heterocycles. The maximum atomic E-state index is 15.9. The van der Waals surface area contributed by atoms with E-state index in [0.29, 0.717) is 121 Å². The quantitative estimate of drug-likeness (QED) is 0.0402. The van der Waals surface area contributed by atoms with Gasteiger partial charge in [-0.1, -0.05) is 119 Å². The zero-order valence-corrected chi connectivity index (χ0v) is 56.3. The van der Waals surface area contributed by atoms with Gasteiger partial charge in [-0.25, -0.2) is 28.1 Å². The average Bonchev–Trinajstić information content (AvgIpc) is 1.54. The van der Waals surface area contributed by atoms with Crippen molar-refractivity contribution in [1.82, 2.24) is 15.0 Å². The van der Waals surface area contributed by atoms with Crippen molar-refractivity contribution in [1.29, 1.82) is 0 Å². The lowest BCUT2D eigenvalue weighted by atomic mass is 9.97. The molecule has 94 heavy (non-hydrogen) atoms. The summed E-state index contributed by atoms with van der Waals surface area (Å²) in [6.07, 6.45) is 1.08. The number of fused-ring (bicyclic) bond motifs is 3. The molecule has 0 bridgehead atoms.